The molecule has 0 radical (unpaired) electrons. The lowest BCUT2D eigenvalue weighted by Gasteiger charge is -2.26. The van der Waals surface area contributed by atoms with Gasteiger partial charge in [0.15, 0.2) is 11.5 Å². The summed E-state index contributed by atoms with van der Waals surface area (Å²) < 4.78 is 25.1. The van der Waals surface area contributed by atoms with Gasteiger partial charge in [-0.05, 0) is 38.5 Å². The summed E-state index contributed by atoms with van der Waals surface area (Å²) in [5, 5.41) is 0. The van der Waals surface area contributed by atoms with Crippen LogP contribution in [0.5, 0.6) is 11.5 Å². The number of halogens is 1. The molecule has 4 heteroatoms. The van der Waals surface area contributed by atoms with E-state index in [-0.39, 0.29) is 6.04 Å². The smallest absolute Gasteiger partial charge is 0.166 e. The van der Waals surface area contributed by atoms with Crippen LogP contribution in [-0.2, 0) is 5.67 Å². The maximum atomic E-state index is 14.0. The Hall–Kier alpha value is -1.29. The van der Waals surface area contributed by atoms with E-state index in [1.807, 2.05) is 6.92 Å². The third-order valence-corrected chi connectivity index (χ3v) is 2.85. The second-order valence-corrected chi connectivity index (χ2v) is 4.85. The lowest BCUT2D eigenvalue weighted by Crippen LogP contribution is -2.20. The van der Waals surface area contributed by atoms with Crippen LogP contribution in [0.2, 0.25) is 0 Å². The zero-order valence-corrected chi connectivity index (χ0v) is 10.4. The van der Waals surface area contributed by atoms with Crippen LogP contribution >= 0.6 is 0 Å². The molecule has 0 aromatic heterocycles. The van der Waals surface area contributed by atoms with Crippen molar-refractivity contribution in [2.24, 2.45) is 5.73 Å². The van der Waals surface area contributed by atoms with Crippen molar-refractivity contribution < 1.29 is 13.9 Å². The Bertz CT molecular complexity index is 424. The summed E-state index contributed by atoms with van der Waals surface area (Å²) >= 11 is 0. The lowest BCUT2D eigenvalue weighted by molar-refractivity contribution is 0.166. The first-order chi connectivity index (χ1) is 7.89. The highest BCUT2D eigenvalue weighted by molar-refractivity contribution is 5.52. The Morgan fingerprint density at radius 2 is 1.94 bits per heavy atom. The molecule has 1 aliphatic heterocycles. The Morgan fingerprint density at radius 1 is 1.29 bits per heavy atom. The number of hydrogen-bond acceptors (Lipinski definition) is 3. The fourth-order valence-corrected chi connectivity index (χ4v) is 1.86. The van der Waals surface area contributed by atoms with Crippen LogP contribution in [0.15, 0.2) is 12.1 Å². The van der Waals surface area contributed by atoms with Crippen LogP contribution in [0.3, 0.4) is 0 Å². The molecule has 0 saturated carbocycles. The van der Waals surface area contributed by atoms with Gasteiger partial charge in [0.05, 0.1) is 0 Å². The third kappa shape index (κ3) is 2.36. The van der Waals surface area contributed by atoms with Gasteiger partial charge in [-0.1, -0.05) is 0 Å². The van der Waals surface area contributed by atoms with Gasteiger partial charge in [-0.15, -0.1) is 0 Å². The van der Waals surface area contributed by atoms with Crippen molar-refractivity contribution in [3.05, 3.63) is 23.3 Å². The van der Waals surface area contributed by atoms with Crippen LogP contribution in [-0.4, -0.2) is 13.2 Å². The van der Waals surface area contributed by atoms with Gasteiger partial charge in [-0.2, -0.15) is 0 Å². The minimum Gasteiger partial charge on any atom is -0.486 e. The topological polar surface area (TPSA) is 44.5 Å². The van der Waals surface area contributed by atoms with E-state index in [0.717, 1.165) is 5.56 Å². The molecule has 1 atom stereocenters. The van der Waals surface area contributed by atoms with Gasteiger partial charge in [-0.25, -0.2) is 4.39 Å². The second-order valence-electron chi connectivity index (χ2n) is 4.85. The predicted octanol–water partition coefficient (Wildman–Crippen LogP) is 2.68. The molecule has 0 spiro atoms. The van der Waals surface area contributed by atoms with Crippen molar-refractivity contribution in [1.82, 2.24) is 0 Å². The largest absolute Gasteiger partial charge is 0.486 e. The molecule has 0 fully saturated rings. The van der Waals surface area contributed by atoms with Crippen molar-refractivity contribution in [3.63, 3.8) is 0 Å². The Balaban J connectivity index is 2.56. The molecule has 1 aromatic rings. The first-order valence-electron chi connectivity index (χ1n) is 5.78. The van der Waals surface area contributed by atoms with Gasteiger partial charge < -0.3 is 15.2 Å². The van der Waals surface area contributed by atoms with Gasteiger partial charge in [0, 0.05) is 11.6 Å². The molecule has 1 unspecified atom stereocenters. The molecule has 0 saturated heterocycles. The molecule has 1 aromatic carbocycles. The summed E-state index contributed by atoms with van der Waals surface area (Å²) in [4.78, 5) is 0. The van der Waals surface area contributed by atoms with Crippen LogP contribution in [0, 0.1) is 0 Å². The summed E-state index contributed by atoms with van der Waals surface area (Å²) in [6.45, 7) is 5.88. The Morgan fingerprint density at radius 3 is 2.53 bits per heavy atom. The maximum absolute atomic E-state index is 14.0. The molecular weight excluding hydrogens is 221 g/mol. The summed E-state index contributed by atoms with van der Waals surface area (Å²) in [5.74, 6) is 1.24. The molecule has 17 heavy (non-hydrogen) atoms. The summed E-state index contributed by atoms with van der Waals surface area (Å²) in [6, 6.07) is 3.24. The normalized spacial score (nSPS) is 16.8. The van der Waals surface area contributed by atoms with E-state index in [1.54, 1.807) is 12.1 Å². The SMILES string of the molecule is CC(N)c1cc(C(C)(C)F)cc2c1OCCO2. The highest BCUT2D eigenvalue weighted by Crippen LogP contribution is 2.40. The molecular formula is C13H18FNO2. The van der Waals surface area contributed by atoms with E-state index in [4.69, 9.17) is 15.2 Å². The molecule has 94 valence electrons. The van der Waals surface area contributed by atoms with Crippen molar-refractivity contribution in [3.8, 4) is 11.5 Å². The van der Waals surface area contributed by atoms with Gasteiger partial charge in [0.1, 0.15) is 18.9 Å². The maximum Gasteiger partial charge on any atom is 0.166 e. The lowest BCUT2D eigenvalue weighted by atomic mass is 9.94. The first-order valence-corrected chi connectivity index (χ1v) is 5.78. The van der Waals surface area contributed by atoms with Crippen LogP contribution in [0.4, 0.5) is 4.39 Å². The van der Waals surface area contributed by atoms with E-state index in [2.05, 4.69) is 0 Å². The van der Waals surface area contributed by atoms with Crippen molar-refractivity contribution >= 4 is 0 Å². The summed E-state index contributed by atoms with van der Waals surface area (Å²) in [6.07, 6.45) is 0. The van der Waals surface area contributed by atoms with Crippen molar-refractivity contribution in [2.75, 3.05) is 13.2 Å². The highest BCUT2D eigenvalue weighted by atomic mass is 19.1. The van der Waals surface area contributed by atoms with Crippen molar-refractivity contribution in [2.45, 2.75) is 32.5 Å². The van der Waals surface area contributed by atoms with E-state index < -0.39 is 5.67 Å². The summed E-state index contributed by atoms with van der Waals surface area (Å²) in [5.41, 5.74) is 5.83. The molecule has 3 nitrogen and oxygen atoms in total. The molecule has 0 amide bonds. The average molecular weight is 239 g/mol. The fourth-order valence-electron chi connectivity index (χ4n) is 1.86. The van der Waals surface area contributed by atoms with Crippen LogP contribution in [0.25, 0.3) is 0 Å². The standard InChI is InChI=1S/C13H18FNO2/c1-8(15)10-6-9(13(2,3)14)7-11-12(10)17-5-4-16-11/h6-8H,4-5,15H2,1-3H3. The number of ether oxygens (including phenoxy) is 2. The zero-order chi connectivity index (χ0) is 12.6. The van der Waals surface area contributed by atoms with Crippen LogP contribution < -0.4 is 15.2 Å². The van der Waals surface area contributed by atoms with Gasteiger partial charge >= 0.3 is 0 Å². The highest BCUT2D eigenvalue weighted by Gasteiger charge is 2.26. The monoisotopic (exact) mass is 239 g/mol. The third-order valence-electron chi connectivity index (χ3n) is 2.85. The minimum absolute atomic E-state index is 0.215. The van der Waals surface area contributed by atoms with E-state index in [0.29, 0.717) is 30.3 Å². The summed E-state index contributed by atoms with van der Waals surface area (Å²) in [7, 11) is 0. The Kier molecular flexibility index (Phi) is 3.00. The first kappa shape index (κ1) is 12.2. The van der Waals surface area contributed by atoms with E-state index in [9.17, 15) is 4.39 Å². The quantitative estimate of drug-likeness (QED) is 0.863. The number of rotatable bonds is 2. The van der Waals surface area contributed by atoms with E-state index >= 15 is 0 Å². The molecule has 2 N–H and O–H groups in total. The number of benzene rings is 1. The van der Waals surface area contributed by atoms with Gasteiger partial charge in [0.25, 0.3) is 0 Å². The number of alkyl halides is 1. The van der Waals surface area contributed by atoms with Gasteiger partial charge in [0.2, 0.25) is 0 Å². The number of fused-ring (bicyclic) bond motifs is 1. The number of hydrogen-bond donors (Lipinski definition) is 1. The minimum atomic E-state index is -1.42. The molecule has 0 aliphatic carbocycles. The molecule has 2 rings (SSSR count). The Labute approximate surface area is 101 Å². The molecule has 1 aliphatic rings. The van der Waals surface area contributed by atoms with Gasteiger partial charge in [-0.3, -0.25) is 0 Å². The molecule has 0 bridgehead atoms. The fraction of sp³-hybridized carbons (Fsp3) is 0.538. The molecule has 1 heterocycles. The second kappa shape index (κ2) is 4.18. The van der Waals surface area contributed by atoms with Crippen molar-refractivity contribution in [1.29, 1.82) is 0 Å². The average Bonchev–Trinajstić information content (AvgIpc) is 2.26. The van der Waals surface area contributed by atoms with Crippen LogP contribution in [0.1, 0.15) is 37.9 Å². The zero-order valence-electron chi connectivity index (χ0n) is 10.4. The number of nitrogens with two attached hydrogens (primary N) is 1. The predicted molar refractivity (Wildman–Crippen MR) is 64.2 cm³/mol. The van der Waals surface area contributed by atoms with E-state index in [1.165, 1.54) is 13.8 Å².